The third kappa shape index (κ3) is 4.96. The number of ether oxygens (including phenoxy) is 1. The van der Waals surface area contributed by atoms with Gasteiger partial charge in [-0.25, -0.2) is 8.78 Å². The number of carbonyl (C=O) groups excluding carboxylic acids is 1. The maximum absolute atomic E-state index is 13.4. The highest BCUT2D eigenvalue weighted by Gasteiger charge is 2.16. The molecule has 1 aromatic carbocycles. The van der Waals surface area contributed by atoms with Gasteiger partial charge in [0.15, 0.2) is 17.4 Å². The molecule has 20 heavy (non-hydrogen) atoms. The van der Waals surface area contributed by atoms with Crippen LogP contribution < -0.4 is 0 Å². The van der Waals surface area contributed by atoms with Crippen LogP contribution in [0.2, 0.25) is 0 Å². The molecule has 0 bridgehead atoms. The van der Waals surface area contributed by atoms with E-state index in [0.717, 1.165) is 6.07 Å². The van der Waals surface area contributed by atoms with Gasteiger partial charge in [0.2, 0.25) is 0 Å². The summed E-state index contributed by atoms with van der Waals surface area (Å²) in [6.45, 7) is 0.888. The first kappa shape index (κ1) is 16.7. The van der Waals surface area contributed by atoms with Gasteiger partial charge in [0.25, 0.3) is 0 Å². The summed E-state index contributed by atoms with van der Waals surface area (Å²) >= 11 is 0. The molecular formula is C14H19F2NO3. The van der Waals surface area contributed by atoms with Gasteiger partial charge >= 0.3 is 0 Å². The van der Waals surface area contributed by atoms with Gasteiger partial charge in [0, 0.05) is 26.6 Å². The number of methoxy groups -OCH3 is 1. The summed E-state index contributed by atoms with van der Waals surface area (Å²) in [5.41, 5.74) is -0.240. The summed E-state index contributed by atoms with van der Waals surface area (Å²) in [6.07, 6.45) is -0.595. The predicted octanol–water partition coefficient (Wildman–Crippen LogP) is 1.48. The van der Waals surface area contributed by atoms with Gasteiger partial charge in [-0.2, -0.15) is 0 Å². The van der Waals surface area contributed by atoms with E-state index in [-0.39, 0.29) is 18.6 Å². The Labute approximate surface area is 117 Å². The molecule has 0 aliphatic rings. The minimum atomic E-state index is -1.11. The number of Topliss-reactive ketones (excluding diaryl/α,β-unsaturated/α-hetero) is 1. The highest BCUT2D eigenvalue weighted by Crippen LogP contribution is 2.13. The van der Waals surface area contributed by atoms with Crippen LogP contribution >= 0.6 is 0 Å². The number of hydrogen-bond acceptors (Lipinski definition) is 4. The summed E-state index contributed by atoms with van der Waals surface area (Å²) in [7, 11) is 3.22. The number of aliphatic hydroxyl groups excluding tert-OH is 1. The summed E-state index contributed by atoms with van der Waals surface area (Å²) in [4.78, 5) is 13.5. The fourth-order valence-electron chi connectivity index (χ4n) is 1.84. The van der Waals surface area contributed by atoms with Gasteiger partial charge < -0.3 is 14.7 Å². The van der Waals surface area contributed by atoms with Crippen molar-refractivity contribution in [3.8, 4) is 0 Å². The Bertz CT molecular complexity index is 454. The SMILES string of the molecule is COCC(O)CN(C)CCC(=O)c1cccc(F)c1F. The van der Waals surface area contributed by atoms with Crippen molar-refractivity contribution in [2.45, 2.75) is 12.5 Å². The lowest BCUT2D eigenvalue weighted by Crippen LogP contribution is -2.33. The molecule has 0 aliphatic carbocycles. The van der Waals surface area contributed by atoms with Crippen molar-refractivity contribution < 1.29 is 23.4 Å². The second-order valence-corrected chi connectivity index (χ2v) is 4.65. The summed E-state index contributed by atoms with van der Waals surface area (Å²) in [6, 6.07) is 3.54. The fourth-order valence-corrected chi connectivity index (χ4v) is 1.84. The molecule has 0 fully saturated rings. The molecule has 1 atom stereocenters. The molecule has 0 aliphatic heterocycles. The zero-order valence-electron chi connectivity index (χ0n) is 11.6. The number of nitrogens with zero attached hydrogens (tertiary/aromatic N) is 1. The highest BCUT2D eigenvalue weighted by molar-refractivity contribution is 5.96. The van der Waals surface area contributed by atoms with Gasteiger partial charge in [-0.15, -0.1) is 0 Å². The van der Waals surface area contributed by atoms with Crippen molar-refractivity contribution in [3.63, 3.8) is 0 Å². The van der Waals surface area contributed by atoms with Crippen molar-refractivity contribution in [2.24, 2.45) is 0 Å². The lowest BCUT2D eigenvalue weighted by Gasteiger charge is -2.19. The maximum atomic E-state index is 13.4. The Morgan fingerprint density at radius 3 is 2.80 bits per heavy atom. The summed E-state index contributed by atoms with van der Waals surface area (Å²) in [5.74, 6) is -2.60. The molecule has 6 heteroatoms. The molecular weight excluding hydrogens is 268 g/mol. The second-order valence-electron chi connectivity index (χ2n) is 4.65. The van der Waals surface area contributed by atoms with Crippen LogP contribution in [0.25, 0.3) is 0 Å². The van der Waals surface area contributed by atoms with Gasteiger partial charge in [0.1, 0.15) is 0 Å². The second kappa shape index (κ2) is 8.04. The largest absolute Gasteiger partial charge is 0.389 e. The van der Waals surface area contributed by atoms with Gasteiger partial charge in [-0.3, -0.25) is 4.79 Å². The van der Waals surface area contributed by atoms with E-state index < -0.39 is 23.5 Å². The number of likely N-dealkylation sites (N-methyl/N-ethyl adjacent to an activating group) is 1. The summed E-state index contributed by atoms with van der Waals surface area (Å²) in [5, 5.41) is 9.52. The van der Waals surface area contributed by atoms with Crippen LogP contribution in [-0.2, 0) is 4.74 Å². The molecule has 0 radical (unpaired) electrons. The van der Waals surface area contributed by atoms with Crippen molar-refractivity contribution in [1.29, 1.82) is 0 Å². The van der Waals surface area contributed by atoms with Crippen LogP contribution in [0.5, 0.6) is 0 Å². The van der Waals surface area contributed by atoms with E-state index >= 15 is 0 Å². The minimum absolute atomic E-state index is 0.0522. The molecule has 0 heterocycles. The lowest BCUT2D eigenvalue weighted by molar-refractivity contribution is 0.0428. The van der Waals surface area contributed by atoms with Crippen molar-refractivity contribution in [2.75, 3.05) is 33.9 Å². The molecule has 0 spiro atoms. The van der Waals surface area contributed by atoms with Crippen molar-refractivity contribution >= 4 is 5.78 Å². The number of hydrogen-bond donors (Lipinski definition) is 1. The molecule has 1 aromatic rings. The zero-order valence-corrected chi connectivity index (χ0v) is 11.6. The molecule has 0 aromatic heterocycles. The van der Waals surface area contributed by atoms with E-state index in [2.05, 4.69) is 0 Å². The fraction of sp³-hybridized carbons (Fsp3) is 0.500. The number of aliphatic hydroxyl groups is 1. The molecule has 1 N–H and O–H groups in total. The Kier molecular flexibility index (Phi) is 6.70. The van der Waals surface area contributed by atoms with Crippen LogP contribution in [0.4, 0.5) is 8.78 Å². The van der Waals surface area contributed by atoms with E-state index in [1.165, 1.54) is 19.2 Å². The van der Waals surface area contributed by atoms with E-state index in [9.17, 15) is 18.7 Å². The van der Waals surface area contributed by atoms with E-state index in [4.69, 9.17) is 4.74 Å². The number of benzene rings is 1. The predicted molar refractivity (Wildman–Crippen MR) is 70.7 cm³/mol. The summed E-state index contributed by atoms with van der Waals surface area (Å²) < 4.78 is 31.2. The van der Waals surface area contributed by atoms with Crippen molar-refractivity contribution in [1.82, 2.24) is 4.90 Å². The van der Waals surface area contributed by atoms with Crippen molar-refractivity contribution in [3.05, 3.63) is 35.4 Å². The monoisotopic (exact) mass is 287 g/mol. The average molecular weight is 287 g/mol. The zero-order chi connectivity index (χ0) is 15.1. The van der Waals surface area contributed by atoms with E-state index in [0.29, 0.717) is 13.1 Å². The van der Waals surface area contributed by atoms with E-state index in [1.807, 2.05) is 0 Å². The first-order valence-corrected chi connectivity index (χ1v) is 6.28. The molecule has 0 amide bonds. The van der Waals surface area contributed by atoms with Gasteiger partial charge in [-0.05, 0) is 19.2 Å². The number of rotatable bonds is 8. The quantitative estimate of drug-likeness (QED) is 0.736. The molecule has 0 saturated heterocycles. The Hall–Kier alpha value is -1.37. The van der Waals surface area contributed by atoms with Gasteiger partial charge in [0.05, 0.1) is 18.3 Å². The first-order chi connectivity index (χ1) is 9.45. The highest BCUT2D eigenvalue weighted by atomic mass is 19.2. The molecule has 1 rings (SSSR count). The number of halogens is 2. The van der Waals surface area contributed by atoms with Gasteiger partial charge in [-0.1, -0.05) is 6.07 Å². The topological polar surface area (TPSA) is 49.8 Å². The van der Waals surface area contributed by atoms with Crippen LogP contribution in [0.1, 0.15) is 16.8 Å². The number of ketones is 1. The molecule has 1 unspecified atom stereocenters. The van der Waals surface area contributed by atoms with E-state index in [1.54, 1.807) is 11.9 Å². The van der Waals surface area contributed by atoms with Crippen LogP contribution in [0.3, 0.4) is 0 Å². The normalized spacial score (nSPS) is 12.7. The maximum Gasteiger partial charge on any atom is 0.169 e. The lowest BCUT2D eigenvalue weighted by atomic mass is 10.1. The minimum Gasteiger partial charge on any atom is -0.389 e. The number of carbonyl (C=O) groups is 1. The molecule has 112 valence electrons. The Balaban J connectivity index is 2.49. The smallest absolute Gasteiger partial charge is 0.169 e. The Morgan fingerprint density at radius 1 is 1.45 bits per heavy atom. The Morgan fingerprint density at radius 2 is 2.15 bits per heavy atom. The third-order valence-electron chi connectivity index (χ3n) is 2.85. The molecule has 4 nitrogen and oxygen atoms in total. The molecule has 0 saturated carbocycles. The third-order valence-corrected chi connectivity index (χ3v) is 2.85. The first-order valence-electron chi connectivity index (χ1n) is 6.28. The average Bonchev–Trinajstić information content (AvgIpc) is 2.39. The standard InChI is InChI=1S/C14H19F2NO3/c1-17(8-10(18)9-20-2)7-6-13(19)11-4-3-5-12(15)14(11)16/h3-5,10,18H,6-9H2,1-2H3. The van der Waals surface area contributed by atoms with Crippen LogP contribution in [0, 0.1) is 11.6 Å². The van der Waals surface area contributed by atoms with Crippen LogP contribution in [-0.4, -0.2) is 55.7 Å². The van der Waals surface area contributed by atoms with Crippen LogP contribution in [0.15, 0.2) is 18.2 Å².